The molecule has 1 aromatic carbocycles. The number of carbonyl (C=O) groups excluding carboxylic acids is 2. The van der Waals surface area contributed by atoms with E-state index in [-0.39, 0.29) is 30.5 Å². The quantitative estimate of drug-likeness (QED) is 0.704. The molecule has 0 aliphatic carbocycles. The Kier molecular flexibility index (Phi) is 5.57. The van der Waals surface area contributed by atoms with Crippen LogP contribution in [0, 0.1) is 0 Å². The van der Waals surface area contributed by atoms with Crippen molar-refractivity contribution in [1.82, 2.24) is 19.8 Å². The predicted molar refractivity (Wildman–Crippen MR) is 106 cm³/mol. The number of carbonyl (C=O) groups is 2. The van der Waals surface area contributed by atoms with E-state index in [2.05, 4.69) is 10.3 Å². The Hall–Kier alpha value is -2.71. The summed E-state index contributed by atoms with van der Waals surface area (Å²) < 4.78 is 1.26. The van der Waals surface area contributed by atoms with Gasteiger partial charge in [-0.3, -0.25) is 19.0 Å². The van der Waals surface area contributed by atoms with Crippen LogP contribution in [0.1, 0.15) is 0 Å². The molecular formula is C18H17ClN4O3S. The SMILES string of the molecule is CNC(=O)CN(C)C(=O)Cn1cnc2scc(-c3ccc(Cl)cc3)c2c1=O. The van der Waals surface area contributed by atoms with Crippen molar-refractivity contribution in [3.8, 4) is 11.1 Å². The minimum absolute atomic E-state index is 0.0752. The third-order valence-corrected chi connectivity index (χ3v) is 5.25. The van der Waals surface area contributed by atoms with Crippen molar-refractivity contribution in [2.75, 3.05) is 20.6 Å². The standard InChI is InChI=1S/C18H17ClN4O3S/c1-20-14(24)7-22(2)15(25)8-23-10-21-17-16(18(23)26)13(9-27-17)11-3-5-12(19)6-4-11/h3-6,9-10H,7-8H2,1-2H3,(H,20,24). The van der Waals surface area contributed by atoms with E-state index in [1.165, 1.54) is 41.2 Å². The van der Waals surface area contributed by atoms with Crippen LogP contribution in [0.15, 0.2) is 40.8 Å². The Balaban J connectivity index is 1.94. The fraction of sp³-hybridized carbons (Fsp3) is 0.222. The molecule has 2 heterocycles. The highest BCUT2D eigenvalue weighted by molar-refractivity contribution is 7.17. The number of nitrogens with one attached hydrogen (secondary N) is 1. The number of likely N-dealkylation sites (N-methyl/N-ethyl adjacent to an activating group) is 2. The van der Waals surface area contributed by atoms with Gasteiger partial charge in [-0.25, -0.2) is 4.98 Å². The molecule has 0 atom stereocenters. The topological polar surface area (TPSA) is 84.3 Å². The lowest BCUT2D eigenvalue weighted by Crippen LogP contribution is -2.39. The van der Waals surface area contributed by atoms with Gasteiger partial charge >= 0.3 is 0 Å². The molecule has 0 spiro atoms. The van der Waals surface area contributed by atoms with Crippen LogP contribution in [-0.4, -0.2) is 46.9 Å². The average molecular weight is 405 g/mol. The fourth-order valence-corrected chi connectivity index (χ4v) is 3.60. The molecule has 0 saturated carbocycles. The smallest absolute Gasteiger partial charge is 0.263 e. The van der Waals surface area contributed by atoms with E-state index in [0.29, 0.717) is 15.2 Å². The van der Waals surface area contributed by atoms with Crippen LogP contribution < -0.4 is 10.9 Å². The maximum Gasteiger partial charge on any atom is 0.263 e. The second kappa shape index (κ2) is 7.89. The third kappa shape index (κ3) is 4.01. The first-order valence-corrected chi connectivity index (χ1v) is 9.33. The zero-order valence-corrected chi connectivity index (χ0v) is 16.3. The highest BCUT2D eigenvalue weighted by Gasteiger charge is 2.17. The van der Waals surface area contributed by atoms with Crippen molar-refractivity contribution in [2.45, 2.75) is 6.54 Å². The number of nitrogens with zero attached hydrogens (tertiary/aromatic N) is 3. The zero-order chi connectivity index (χ0) is 19.6. The lowest BCUT2D eigenvalue weighted by atomic mass is 10.1. The Labute approximate surface area is 164 Å². The molecule has 0 fully saturated rings. The predicted octanol–water partition coefficient (Wildman–Crippen LogP) is 1.98. The molecule has 3 aromatic rings. The summed E-state index contributed by atoms with van der Waals surface area (Å²) in [5.74, 6) is -0.639. The number of aromatic nitrogens is 2. The summed E-state index contributed by atoms with van der Waals surface area (Å²) in [5, 5.41) is 5.40. The van der Waals surface area contributed by atoms with Crippen LogP contribution in [-0.2, 0) is 16.1 Å². The molecule has 7 nitrogen and oxygen atoms in total. The molecular weight excluding hydrogens is 388 g/mol. The van der Waals surface area contributed by atoms with Crippen molar-refractivity contribution in [1.29, 1.82) is 0 Å². The number of amides is 2. The van der Waals surface area contributed by atoms with Gasteiger partial charge in [-0.05, 0) is 17.7 Å². The maximum absolute atomic E-state index is 12.9. The summed E-state index contributed by atoms with van der Waals surface area (Å²) in [4.78, 5) is 42.9. The Bertz CT molecular complexity index is 1060. The van der Waals surface area contributed by atoms with Gasteiger partial charge in [0.1, 0.15) is 11.4 Å². The summed E-state index contributed by atoms with van der Waals surface area (Å²) in [7, 11) is 3.01. The van der Waals surface area contributed by atoms with Gasteiger partial charge in [0, 0.05) is 30.1 Å². The van der Waals surface area contributed by atoms with Gasteiger partial charge in [-0.1, -0.05) is 23.7 Å². The molecule has 9 heteroatoms. The van der Waals surface area contributed by atoms with E-state index in [1.807, 2.05) is 17.5 Å². The van der Waals surface area contributed by atoms with Gasteiger partial charge in [0.2, 0.25) is 11.8 Å². The number of rotatable bonds is 5. The summed E-state index contributed by atoms with van der Waals surface area (Å²) >= 11 is 7.30. The van der Waals surface area contributed by atoms with Gasteiger partial charge in [-0.2, -0.15) is 0 Å². The van der Waals surface area contributed by atoms with E-state index < -0.39 is 0 Å². The Morgan fingerprint density at radius 3 is 2.67 bits per heavy atom. The molecule has 0 aliphatic rings. The van der Waals surface area contributed by atoms with Crippen LogP contribution in [0.4, 0.5) is 0 Å². The van der Waals surface area contributed by atoms with Gasteiger partial charge in [-0.15, -0.1) is 11.3 Å². The minimum Gasteiger partial charge on any atom is -0.358 e. The lowest BCUT2D eigenvalue weighted by Gasteiger charge is -2.16. The molecule has 140 valence electrons. The Morgan fingerprint density at radius 2 is 2.00 bits per heavy atom. The summed E-state index contributed by atoms with van der Waals surface area (Å²) in [5.41, 5.74) is 1.31. The van der Waals surface area contributed by atoms with Gasteiger partial charge < -0.3 is 10.2 Å². The van der Waals surface area contributed by atoms with Crippen molar-refractivity contribution in [2.24, 2.45) is 0 Å². The van der Waals surface area contributed by atoms with Crippen LogP contribution in [0.5, 0.6) is 0 Å². The third-order valence-electron chi connectivity index (χ3n) is 4.11. The zero-order valence-electron chi connectivity index (χ0n) is 14.7. The first-order chi connectivity index (χ1) is 12.9. The summed E-state index contributed by atoms with van der Waals surface area (Å²) in [6.45, 7) is -0.264. The fourth-order valence-electron chi connectivity index (χ4n) is 2.57. The monoisotopic (exact) mass is 404 g/mol. The summed E-state index contributed by atoms with van der Waals surface area (Å²) in [6.07, 6.45) is 1.36. The molecule has 0 saturated heterocycles. The van der Waals surface area contributed by atoms with E-state index in [0.717, 1.165) is 11.1 Å². The minimum atomic E-state index is -0.356. The van der Waals surface area contributed by atoms with Crippen LogP contribution in [0.25, 0.3) is 21.3 Å². The number of fused-ring (bicyclic) bond motifs is 1. The largest absolute Gasteiger partial charge is 0.358 e. The van der Waals surface area contributed by atoms with Gasteiger partial charge in [0.05, 0.1) is 18.3 Å². The van der Waals surface area contributed by atoms with E-state index in [4.69, 9.17) is 11.6 Å². The van der Waals surface area contributed by atoms with Crippen molar-refractivity contribution in [3.63, 3.8) is 0 Å². The first kappa shape index (κ1) is 19.1. The number of halogens is 1. The van der Waals surface area contributed by atoms with Gasteiger partial charge in [0.25, 0.3) is 5.56 Å². The van der Waals surface area contributed by atoms with E-state index in [9.17, 15) is 14.4 Å². The van der Waals surface area contributed by atoms with Crippen LogP contribution in [0.3, 0.4) is 0 Å². The molecule has 0 bridgehead atoms. The number of hydrogen-bond acceptors (Lipinski definition) is 5. The molecule has 2 amide bonds. The first-order valence-electron chi connectivity index (χ1n) is 8.08. The molecule has 0 aliphatic heterocycles. The van der Waals surface area contributed by atoms with Gasteiger partial charge in [0.15, 0.2) is 0 Å². The van der Waals surface area contributed by atoms with Crippen LogP contribution >= 0.6 is 22.9 Å². The number of hydrogen-bond donors (Lipinski definition) is 1. The van der Waals surface area contributed by atoms with Crippen molar-refractivity contribution in [3.05, 3.63) is 51.3 Å². The average Bonchev–Trinajstić information content (AvgIpc) is 3.09. The lowest BCUT2D eigenvalue weighted by molar-refractivity contribution is -0.135. The second-order valence-corrected chi connectivity index (χ2v) is 7.23. The highest BCUT2D eigenvalue weighted by Crippen LogP contribution is 2.31. The number of benzene rings is 1. The summed E-state index contributed by atoms with van der Waals surface area (Å²) in [6, 6.07) is 7.19. The molecule has 1 N–H and O–H groups in total. The molecule has 3 rings (SSSR count). The molecule has 2 aromatic heterocycles. The highest BCUT2D eigenvalue weighted by atomic mass is 35.5. The van der Waals surface area contributed by atoms with Crippen molar-refractivity contribution < 1.29 is 9.59 Å². The molecule has 0 radical (unpaired) electrons. The van der Waals surface area contributed by atoms with E-state index in [1.54, 1.807) is 12.1 Å². The van der Waals surface area contributed by atoms with E-state index >= 15 is 0 Å². The normalized spacial score (nSPS) is 10.8. The molecule has 27 heavy (non-hydrogen) atoms. The molecule has 0 unspecified atom stereocenters. The van der Waals surface area contributed by atoms with Crippen molar-refractivity contribution >= 4 is 45.0 Å². The van der Waals surface area contributed by atoms with Crippen LogP contribution in [0.2, 0.25) is 5.02 Å². The Morgan fingerprint density at radius 1 is 1.30 bits per heavy atom. The maximum atomic E-state index is 12.9. The number of thiophene rings is 1. The second-order valence-electron chi connectivity index (χ2n) is 5.94.